The lowest BCUT2D eigenvalue weighted by molar-refractivity contribution is -0.143. The summed E-state index contributed by atoms with van der Waals surface area (Å²) >= 11 is 23.9. The average Bonchev–Trinajstić information content (AvgIpc) is 4.13. The molecule has 8 aromatic rings. The van der Waals surface area contributed by atoms with Gasteiger partial charge < -0.3 is 19.0 Å². The molecule has 27 heteroatoms. The molecule has 71 heavy (non-hydrogen) atoms. The number of carbonyl (C=O) groups is 2. The Morgan fingerprint density at radius 3 is 1.42 bits per heavy atom. The maximum atomic E-state index is 14.7. The second kappa shape index (κ2) is 22.1. The van der Waals surface area contributed by atoms with Crippen molar-refractivity contribution in [2.24, 2.45) is 0 Å². The van der Waals surface area contributed by atoms with E-state index in [0.717, 1.165) is 29.6 Å². The zero-order valence-electron chi connectivity index (χ0n) is 36.3. The molecule has 0 unspecified atom stereocenters. The monoisotopic (exact) mass is 1070 g/mol. The number of nitrogens with zero attached hydrogens (tertiary/aromatic N) is 7. The minimum Gasteiger partial charge on any atom is -0.477 e. The van der Waals surface area contributed by atoms with Crippen LogP contribution < -0.4 is 5.48 Å². The SMILES string of the molecule is CNOC.CON(C)C(=O)c1c(-c2c(F)cccc2Cl)noc1-c1cnn(-c2cccc(Cl)c2)c1C(F)(F)F.O=C(O)c1c(-c2c(F)cccc2Cl)noc1-c1cnn(-c2cccc(Cl)c2)c1C(F)(F)F. The number of aromatic carboxylic acids is 1. The Hall–Kier alpha value is -6.86. The van der Waals surface area contributed by atoms with Crippen LogP contribution in [0.4, 0.5) is 35.1 Å². The van der Waals surface area contributed by atoms with Gasteiger partial charge in [-0.1, -0.05) is 81.0 Å². The van der Waals surface area contributed by atoms with Crippen molar-refractivity contribution in [1.29, 1.82) is 0 Å². The van der Waals surface area contributed by atoms with Gasteiger partial charge in [-0.15, -0.1) is 0 Å². The van der Waals surface area contributed by atoms with Crippen molar-refractivity contribution in [3.05, 3.63) is 152 Å². The molecule has 0 fully saturated rings. The molecule has 0 bridgehead atoms. The first-order valence-electron chi connectivity index (χ1n) is 19.5. The number of benzene rings is 4. The van der Waals surface area contributed by atoms with Gasteiger partial charge in [-0.2, -0.15) is 36.5 Å². The molecule has 0 saturated carbocycles. The van der Waals surface area contributed by atoms with Crippen molar-refractivity contribution in [3.8, 4) is 56.5 Å². The van der Waals surface area contributed by atoms with Crippen LogP contribution in [0.3, 0.4) is 0 Å². The van der Waals surface area contributed by atoms with Gasteiger partial charge in [0.2, 0.25) is 0 Å². The van der Waals surface area contributed by atoms with Crippen LogP contribution in [0, 0.1) is 11.6 Å². The Morgan fingerprint density at radius 1 is 0.676 bits per heavy atom. The number of nitrogens with one attached hydrogen (secondary N) is 1. The summed E-state index contributed by atoms with van der Waals surface area (Å²) < 4.78 is 125. The van der Waals surface area contributed by atoms with Crippen molar-refractivity contribution in [2.75, 3.05) is 28.3 Å². The van der Waals surface area contributed by atoms with Crippen LogP contribution >= 0.6 is 46.4 Å². The van der Waals surface area contributed by atoms with Gasteiger partial charge in [-0.3, -0.25) is 9.63 Å². The van der Waals surface area contributed by atoms with E-state index in [1.54, 1.807) is 14.2 Å². The molecule has 4 aromatic carbocycles. The van der Waals surface area contributed by atoms with E-state index in [0.29, 0.717) is 9.36 Å². The molecule has 4 heterocycles. The quantitative estimate of drug-likeness (QED) is 0.0981. The lowest BCUT2D eigenvalue weighted by Gasteiger charge is -2.15. The van der Waals surface area contributed by atoms with Crippen molar-refractivity contribution in [2.45, 2.75) is 12.4 Å². The summed E-state index contributed by atoms with van der Waals surface area (Å²) in [4.78, 5) is 34.3. The van der Waals surface area contributed by atoms with Gasteiger partial charge in [0.15, 0.2) is 22.9 Å². The number of carbonyl (C=O) groups excluding carboxylic acids is 1. The number of hydrogen-bond acceptors (Lipinski definition) is 11. The van der Waals surface area contributed by atoms with Crippen LogP contribution in [-0.4, -0.2) is 80.2 Å². The summed E-state index contributed by atoms with van der Waals surface area (Å²) in [5.74, 6) is -5.80. The van der Waals surface area contributed by atoms with Crippen LogP contribution in [-0.2, 0) is 22.0 Å². The number of alkyl halides is 6. The second-order valence-corrected chi connectivity index (χ2v) is 15.6. The number of rotatable bonds is 10. The Morgan fingerprint density at radius 2 is 1.07 bits per heavy atom. The first-order chi connectivity index (χ1) is 33.5. The van der Waals surface area contributed by atoms with Crippen LogP contribution in [0.5, 0.6) is 0 Å². The molecule has 1 amide bonds. The Labute approximate surface area is 414 Å². The number of carboxylic acids is 1. The molecule has 0 aliphatic rings. The van der Waals surface area contributed by atoms with Gasteiger partial charge in [-0.05, 0) is 60.7 Å². The van der Waals surface area contributed by atoms with E-state index < -0.39 is 98.0 Å². The van der Waals surface area contributed by atoms with Gasteiger partial charge in [0, 0.05) is 24.1 Å². The maximum Gasteiger partial charge on any atom is 0.434 e. The predicted octanol–water partition coefficient (Wildman–Crippen LogP) is 12.4. The van der Waals surface area contributed by atoms with E-state index in [4.69, 9.17) is 60.3 Å². The molecule has 0 saturated heterocycles. The highest BCUT2D eigenvalue weighted by molar-refractivity contribution is 6.34. The highest BCUT2D eigenvalue weighted by Gasteiger charge is 2.44. The lowest BCUT2D eigenvalue weighted by Crippen LogP contribution is -2.26. The summed E-state index contributed by atoms with van der Waals surface area (Å²) in [6.45, 7) is 0. The molecule has 2 N–H and O–H groups in total. The fraction of sp³-hybridized carbons (Fsp3) is 0.136. The van der Waals surface area contributed by atoms with Crippen LogP contribution in [0.25, 0.3) is 56.5 Å². The van der Waals surface area contributed by atoms with Crippen LogP contribution in [0.15, 0.2) is 106 Å². The fourth-order valence-electron chi connectivity index (χ4n) is 6.56. The molecular weight excluding hydrogens is 1050 g/mol. The molecule has 0 aliphatic heterocycles. The number of amides is 1. The highest BCUT2D eigenvalue weighted by atomic mass is 35.5. The van der Waals surface area contributed by atoms with E-state index >= 15 is 0 Å². The number of carboxylic acid groups (broad SMARTS) is 1. The third-order valence-electron chi connectivity index (χ3n) is 9.65. The Balaban J connectivity index is 0.000000217. The minimum absolute atomic E-state index is 0.00912. The zero-order chi connectivity index (χ0) is 52.1. The van der Waals surface area contributed by atoms with Crippen molar-refractivity contribution in [1.82, 2.24) is 40.4 Å². The van der Waals surface area contributed by atoms with Crippen molar-refractivity contribution >= 4 is 58.3 Å². The topological polar surface area (TPSA) is 176 Å². The summed E-state index contributed by atoms with van der Waals surface area (Å²) in [5.41, 5.74) is -4.51. The number of hydrogen-bond donors (Lipinski definition) is 2. The van der Waals surface area contributed by atoms with Gasteiger partial charge in [0.1, 0.15) is 34.1 Å². The molecule has 372 valence electrons. The van der Waals surface area contributed by atoms with E-state index in [1.165, 1.54) is 87.0 Å². The summed E-state index contributed by atoms with van der Waals surface area (Å²) in [5, 5.41) is 25.3. The normalized spacial score (nSPS) is 11.4. The zero-order valence-corrected chi connectivity index (χ0v) is 39.3. The minimum atomic E-state index is -4.98. The van der Waals surface area contributed by atoms with E-state index in [2.05, 4.69) is 30.8 Å². The first kappa shape index (κ1) is 53.5. The molecule has 15 nitrogen and oxygen atoms in total. The number of aromatic nitrogens is 6. The molecule has 0 aliphatic carbocycles. The third-order valence-corrected chi connectivity index (χ3v) is 10.7. The molecule has 0 atom stereocenters. The van der Waals surface area contributed by atoms with Gasteiger partial charge in [0.05, 0.1) is 70.3 Å². The molecule has 0 spiro atoms. The lowest BCUT2D eigenvalue weighted by atomic mass is 10.0. The van der Waals surface area contributed by atoms with Gasteiger partial charge in [-0.25, -0.2) is 33.5 Å². The van der Waals surface area contributed by atoms with Crippen LogP contribution in [0.2, 0.25) is 20.1 Å². The molecule has 0 radical (unpaired) electrons. The van der Waals surface area contributed by atoms with Crippen molar-refractivity contribution in [3.63, 3.8) is 0 Å². The summed E-state index contributed by atoms with van der Waals surface area (Å²) in [6, 6.07) is 18.3. The van der Waals surface area contributed by atoms with E-state index in [-0.39, 0.29) is 37.0 Å². The summed E-state index contributed by atoms with van der Waals surface area (Å²) in [6.07, 6.45) is -8.29. The maximum absolute atomic E-state index is 14.7. The predicted molar refractivity (Wildman–Crippen MR) is 241 cm³/mol. The van der Waals surface area contributed by atoms with Crippen molar-refractivity contribution < 1.29 is 68.5 Å². The Bertz CT molecular complexity index is 3190. The standard InChI is InChI=1S/C22H14Cl2F4N4O3.C20H9Cl2F4N3O3.C2H7NO/c1-31(34-2)21(33)17-18(16-14(24)7-4-8-15(16)25)30-35-19(17)13-10-29-32(20(13)22(26,27)28)12-6-3-5-11(23)9-12;21-9-3-1-4-10(7-9)29-18(20(24,25)26)11(8-27-29)17-15(19(30)31)16(28-32-17)14-12(22)5-2-6-13(14)23;1-3-4-2/h3-10H,1-2H3;1-8H,(H,30,31);3H,1-2H3. The van der Waals surface area contributed by atoms with Crippen LogP contribution in [0.1, 0.15) is 32.1 Å². The first-order valence-corrected chi connectivity index (χ1v) is 21.0. The molecular formula is C44H30Cl4F8N8O7. The summed E-state index contributed by atoms with van der Waals surface area (Å²) in [7, 11) is 5.66. The van der Waals surface area contributed by atoms with Gasteiger partial charge in [0.25, 0.3) is 5.91 Å². The Kier molecular flexibility index (Phi) is 16.6. The second-order valence-electron chi connectivity index (χ2n) is 14.0. The third kappa shape index (κ3) is 11.4. The smallest absolute Gasteiger partial charge is 0.434 e. The largest absolute Gasteiger partial charge is 0.477 e. The number of halogens is 12. The van der Waals surface area contributed by atoms with E-state index in [9.17, 15) is 49.8 Å². The molecule has 8 rings (SSSR count). The fourth-order valence-corrected chi connectivity index (χ4v) is 7.43. The average molecular weight is 1080 g/mol. The highest BCUT2D eigenvalue weighted by Crippen LogP contribution is 2.45. The number of hydroxylamine groups is 3. The van der Waals surface area contributed by atoms with Gasteiger partial charge >= 0.3 is 18.3 Å². The van der Waals surface area contributed by atoms with E-state index in [1.807, 2.05) is 0 Å². The molecule has 4 aromatic heterocycles.